The molecule has 0 aromatic carbocycles. The molecule has 1 fully saturated rings. The first-order valence-electron chi connectivity index (χ1n) is 6.28. The summed E-state index contributed by atoms with van der Waals surface area (Å²) in [6, 6.07) is 1.29. The molecule has 0 saturated heterocycles. The number of carbonyl (C=O) groups excluding carboxylic acids is 1. The molecule has 1 aromatic heterocycles. The van der Waals surface area contributed by atoms with Crippen molar-refractivity contribution < 1.29 is 23.1 Å². The summed E-state index contributed by atoms with van der Waals surface area (Å²) in [6.45, 7) is -1.21. The maximum Gasteiger partial charge on any atom is 0.408 e. The minimum absolute atomic E-state index is 0.0524. The highest BCUT2D eigenvalue weighted by Gasteiger charge is 2.45. The maximum atomic E-state index is 12.2. The highest BCUT2D eigenvalue weighted by atomic mass is 19.4. The van der Waals surface area contributed by atoms with Crippen LogP contribution in [0.3, 0.4) is 0 Å². The molecule has 0 radical (unpaired) electrons. The second kappa shape index (κ2) is 5.41. The molecule has 1 saturated carbocycles. The molecule has 21 heavy (non-hydrogen) atoms. The summed E-state index contributed by atoms with van der Waals surface area (Å²) in [4.78, 5) is 11.8. The molecular formula is C13H14F3N3O2. The number of amides is 1. The Morgan fingerprint density at radius 1 is 1.62 bits per heavy atom. The molecule has 1 heterocycles. The molecule has 1 aliphatic carbocycles. The normalized spacial score (nSPS) is 25.0. The largest absolute Gasteiger partial charge is 0.408 e. The van der Waals surface area contributed by atoms with Crippen LogP contribution in [0.25, 0.3) is 0 Å². The van der Waals surface area contributed by atoms with E-state index in [1.165, 1.54) is 6.07 Å². The van der Waals surface area contributed by atoms with Crippen molar-refractivity contribution in [2.45, 2.75) is 37.6 Å². The topological polar surface area (TPSA) is 67.2 Å². The van der Waals surface area contributed by atoms with Gasteiger partial charge in [-0.15, -0.1) is 12.3 Å². The first-order valence-corrected chi connectivity index (χ1v) is 6.28. The smallest absolute Gasteiger partial charge is 0.389 e. The molecule has 114 valence electrons. The molecular weight excluding hydrogens is 287 g/mol. The molecule has 2 rings (SSSR count). The van der Waals surface area contributed by atoms with Crippen LogP contribution >= 0.6 is 0 Å². The third kappa shape index (κ3) is 3.98. The Bertz CT molecular complexity index is 568. The van der Waals surface area contributed by atoms with Crippen LogP contribution in [0.2, 0.25) is 0 Å². The number of nitrogens with zero attached hydrogens (tertiary/aromatic N) is 2. The van der Waals surface area contributed by atoms with Crippen molar-refractivity contribution >= 4 is 11.7 Å². The molecule has 0 unspecified atom stereocenters. The van der Waals surface area contributed by atoms with Gasteiger partial charge in [0, 0.05) is 24.6 Å². The minimum atomic E-state index is -4.37. The average molecular weight is 301 g/mol. The van der Waals surface area contributed by atoms with E-state index in [-0.39, 0.29) is 31.0 Å². The second-order valence-corrected chi connectivity index (χ2v) is 5.21. The van der Waals surface area contributed by atoms with Crippen LogP contribution in [0.4, 0.5) is 19.0 Å². The molecule has 0 bridgehead atoms. The van der Waals surface area contributed by atoms with Crippen molar-refractivity contribution in [3.63, 3.8) is 0 Å². The van der Waals surface area contributed by atoms with E-state index in [9.17, 15) is 23.1 Å². The van der Waals surface area contributed by atoms with E-state index in [2.05, 4.69) is 16.3 Å². The summed E-state index contributed by atoms with van der Waals surface area (Å²) in [5.41, 5.74) is -1.01. The molecule has 1 aromatic rings. The lowest BCUT2D eigenvalue weighted by Gasteiger charge is -2.41. The van der Waals surface area contributed by atoms with E-state index >= 15 is 0 Å². The molecule has 0 atom stereocenters. The number of rotatable bonds is 4. The van der Waals surface area contributed by atoms with Gasteiger partial charge in [0.1, 0.15) is 6.54 Å². The average Bonchev–Trinajstić information content (AvgIpc) is 2.70. The van der Waals surface area contributed by atoms with Gasteiger partial charge in [-0.05, 0) is 12.8 Å². The maximum absolute atomic E-state index is 12.2. The second-order valence-electron chi connectivity index (χ2n) is 5.21. The number of hydrogen-bond acceptors (Lipinski definition) is 3. The zero-order chi connectivity index (χ0) is 15.7. The molecule has 1 amide bonds. The molecule has 1 aliphatic rings. The lowest BCUT2D eigenvalue weighted by atomic mass is 9.69. The van der Waals surface area contributed by atoms with E-state index in [1.807, 2.05) is 0 Å². The Morgan fingerprint density at radius 2 is 2.29 bits per heavy atom. The third-order valence-electron chi connectivity index (χ3n) is 3.29. The van der Waals surface area contributed by atoms with Crippen LogP contribution in [-0.2, 0) is 11.3 Å². The van der Waals surface area contributed by atoms with Crippen molar-refractivity contribution in [2.75, 3.05) is 5.32 Å². The van der Waals surface area contributed by atoms with Crippen LogP contribution in [0.1, 0.15) is 19.3 Å². The molecule has 5 nitrogen and oxygen atoms in total. The number of halogens is 3. The molecule has 0 aliphatic heterocycles. The van der Waals surface area contributed by atoms with Gasteiger partial charge in [0.2, 0.25) is 5.91 Å². The summed E-state index contributed by atoms with van der Waals surface area (Å²) >= 11 is 0. The van der Waals surface area contributed by atoms with Crippen LogP contribution in [0.15, 0.2) is 12.3 Å². The minimum Gasteiger partial charge on any atom is -0.389 e. The Morgan fingerprint density at radius 3 is 2.86 bits per heavy atom. The quantitative estimate of drug-likeness (QED) is 0.829. The van der Waals surface area contributed by atoms with Crippen molar-refractivity contribution in [2.24, 2.45) is 5.92 Å². The highest BCUT2D eigenvalue weighted by molar-refractivity contribution is 5.92. The fraction of sp³-hybridized carbons (Fsp3) is 0.538. The zero-order valence-electron chi connectivity index (χ0n) is 11.0. The van der Waals surface area contributed by atoms with Crippen molar-refractivity contribution in [3.8, 4) is 12.3 Å². The molecule has 0 spiro atoms. The number of aromatic nitrogens is 2. The number of alkyl halides is 3. The standard InChI is InChI=1S/C13H14F3N3O2/c1-2-4-12(21)6-9(7-12)11(20)17-10-3-5-19(18-10)8-13(14,15)16/h1,3,5,9,21H,4,6-8H2,(H,17,18,20). The van der Waals surface area contributed by atoms with Gasteiger partial charge in [-0.3, -0.25) is 9.48 Å². The van der Waals surface area contributed by atoms with Gasteiger partial charge in [-0.25, -0.2) is 0 Å². The van der Waals surface area contributed by atoms with Gasteiger partial charge < -0.3 is 10.4 Å². The van der Waals surface area contributed by atoms with E-state index in [0.29, 0.717) is 4.68 Å². The van der Waals surface area contributed by atoms with Crippen LogP contribution in [-0.4, -0.2) is 32.6 Å². The van der Waals surface area contributed by atoms with Crippen molar-refractivity contribution in [1.29, 1.82) is 0 Å². The van der Waals surface area contributed by atoms with Gasteiger partial charge in [-0.2, -0.15) is 18.3 Å². The van der Waals surface area contributed by atoms with Crippen LogP contribution in [0.5, 0.6) is 0 Å². The van der Waals surface area contributed by atoms with Gasteiger partial charge in [0.15, 0.2) is 5.82 Å². The molecule has 2 N–H and O–H groups in total. The first-order chi connectivity index (χ1) is 9.71. The monoisotopic (exact) mass is 301 g/mol. The van der Waals surface area contributed by atoms with Crippen LogP contribution in [0, 0.1) is 18.3 Å². The lowest BCUT2D eigenvalue weighted by Crippen LogP contribution is -2.48. The van der Waals surface area contributed by atoms with Gasteiger partial charge in [0.25, 0.3) is 0 Å². The lowest BCUT2D eigenvalue weighted by molar-refractivity contribution is -0.142. The van der Waals surface area contributed by atoms with E-state index in [0.717, 1.165) is 6.20 Å². The number of carbonyl (C=O) groups is 1. The number of anilines is 1. The fourth-order valence-electron chi connectivity index (χ4n) is 2.31. The van der Waals surface area contributed by atoms with Crippen LogP contribution < -0.4 is 5.32 Å². The third-order valence-corrected chi connectivity index (χ3v) is 3.29. The van der Waals surface area contributed by atoms with Crippen molar-refractivity contribution in [3.05, 3.63) is 12.3 Å². The summed E-state index contributed by atoms with van der Waals surface area (Å²) in [5.74, 6) is 1.61. The zero-order valence-corrected chi connectivity index (χ0v) is 11.0. The number of nitrogens with one attached hydrogen (secondary N) is 1. The first kappa shape index (κ1) is 15.4. The van der Waals surface area contributed by atoms with E-state index in [1.54, 1.807) is 0 Å². The fourth-order valence-corrected chi connectivity index (χ4v) is 2.31. The number of terminal acetylenes is 1. The summed E-state index contributed by atoms with van der Waals surface area (Å²) in [7, 11) is 0. The highest BCUT2D eigenvalue weighted by Crippen LogP contribution is 2.40. The van der Waals surface area contributed by atoms with Gasteiger partial charge >= 0.3 is 6.18 Å². The van der Waals surface area contributed by atoms with Gasteiger partial charge in [-0.1, -0.05) is 0 Å². The number of aliphatic hydroxyl groups is 1. The molecule has 8 heteroatoms. The Hall–Kier alpha value is -2.01. The summed E-state index contributed by atoms with van der Waals surface area (Å²) in [5, 5.41) is 15.9. The Balaban J connectivity index is 1.86. The van der Waals surface area contributed by atoms with Gasteiger partial charge in [0.05, 0.1) is 5.60 Å². The predicted octanol–water partition coefficient (Wildman–Crippen LogP) is 1.55. The summed E-state index contributed by atoms with van der Waals surface area (Å²) in [6.07, 6.45) is 2.54. The summed E-state index contributed by atoms with van der Waals surface area (Å²) < 4.78 is 37.2. The Labute approximate surface area is 119 Å². The Kier molecular flexibility index (Phi) is 3.96. The number of hydrogen-bond donors (Lipinski definition) is 2. The predicted molar refractivity (Wildman–Crippen MR) is 68.0 cm³/mol. The van der Waals surface area contributed by atoms with E-state index < -0.39 is 24.2 Å². The van der Waals surface area contributed by atoms with E-state index in [4.69, 9.17) is 6.42 Å². The SMILES string of the molecule is C#CCC1(O)CC(C(=O)Nc2ccn(CC(F)(F)F)n2)C1. The van der Waals surface area contributed by atoms with Crippen molar-refractivity contribution in [1.82, 2.24) is 9.78 Å².